The van der Waals surface area contributed by atoms with Gasteiger partial charge in [-0.15, -0.1) is 0 Å². The lowest BCUT2D eigenvalue weighted by molar-refractivity contribution is -0.385. The van der Waals surface area contributed by atoms with Crippen molar-refractivity contribution in [3.8, 4) is 0 Å². The van der Waals surface area contributed by atoms with E-state index in [9.17, 15) is 14.9 Å². The van der Waals surface area contributed by atoms with Crippen LogP contribution >= 0.6 is 34.4 Å². The van der Waals surface area contributed by atoms with Gasteiger partial charge in [0, 0.05) is 20.9 Å². The Bertz CT molecular complexity index is 506. The van der Waals surface area contributed by atoms with Gasteiger partial charge in [-0.05, 0) is 48.8 Å². The van der Waals surface area contributed by atoms with Crippen molar-refractivity contribution in [3.05, 3.63) is 37.4 Å². The number of hydrogen-bond acceptors (Lipinski definition) is 4. The molecule has 0 aliphatic carbocycles. The molecule has 1 aromatic rings. The zero-order chi connectivity index (χ0) is 14.6. The van der Waals surface area contributed by atoms with E-state index in [0.717, 1.165) is 5.75 Å². The number of nitrogens with one attached hydrogen (secondary N) is 1. The number of nitrogens with zero attached hydrogens (tertiary/aromatic N) is 1. The summed E-state index contributed by atoms with van der Waals surface area (Å²) in [6, 6.07) is 4.60. The highest BCUT2D eigenvalue weighted by Gasteiger charge is 2.27. The van der Waals surface area contributed by atoms with Gasteiger partial charge < -0.3 is 5.32 Å². The number of nitro groups is 1. The van der Waals surface area contributed by atoms with E-state index in [1.165, 1.54) is 6.07 Å². The van der Waals surface area contributed by atoms with E-state index in [2.05, 4.69) is 5.32 Å². The van der Waals surface area contributed by atoms with Crippen molar-refractivity contribution in [2.75, 3.05) is 12.0 Å². The maximum atomic E-state index is 12.3. The van der Waals surface area contributed by atoms with Crippen LogP contribution in [0, 0.1) is 13.7 Å². The highest BCUT2D eigenvalue weighted by Crippen LogP contribution is 2.24. The van der Waals surface area contributed by atoms with Gasteiger partial charge in [0.05, 0.1) is 4.92 Å². The highest BCUT2D eigenvalue weighted by molar-refractivity contribution is 14.1. The van der Waals surface area contributed by atoms with E-state index in [4.69, 9.17) is 0 Å². The second kappa shape index (κ2) is 6.56. The van der Waals surface area contributed by atoms with Gasteiger partial charge in [-0.3, -0.25) is 14.9 Å². The van der Waals surface area contributed by atoms with E-state index in [1.807, 2.05) is 42.7 Å². The Morgan fingerprint density at radius 1 is 1.53 bits per heavy atom. The summed E-state index contributed by atoms with van der Waals surface area (Å²) in [5.41, 5.74) is -0.449. The number of amides is 1. The third-order valence-corrected chi connectivity index (χ3v) is 4.28. The fraction of sp³-hybridized carbons (Fsp3) is 0.417. The minimum absolute atomic E-state index is 0.127. The van der Waals surface area contributed by atoms with Crippen LogP contribution in [0.15, 0.2) is 18.2 Å². The first kappa shape index (κ1) is 16.2. The number of benzene rings is 1. The van der Waals surface area contributed by atoms with Crippen LogP contribution in [0.5, 0.6) is 0 Å². The van der Waals surface area contributed by atoms with Crippen molar-refractivity contribution >= 4 is 45.9 Å². The summed E-state index contributed by atoms with van der Waals surface area (Å²) in [6.45, 7) is 3.78. The zero-order valence-electron chi connectivity index (χ0n) is 10.9. The average Bonchev–Trinajstić information content (AvgIpc) is 2.27. The Balaban J connectivity index is 3.10. The molecule has 0 fully saturated rings. The minimum Gasteiger partial charge on any atom is -0.346 e. The molecule has 7 heteroatoms. The molecule has 0 unspecified atom stereocenters. The molecule has 0 saturated heterocycles. The summed E-state index contributed by atoms with van der Waals surface area (Å²) in [6.07, 6.45) is 1.95. The van der Waals surface area contributed by atoms with Crippen LogP contribution in [-0.4, -0.2) is 28.4 Å². The molecule has 1 amide bonds. The molecule has 0 aliphatic heterocycles. The van der Waals surface area contributed by atoms with Gasteiger partial charge in [-0.2, -0.15) is 11.8 Å². The van der Waals surface area contributed by atoms with E-state index >= 15 is 0 Å². The first-order valence-corrected chi connectivity index (χ1v) is 8.00. The first-order valence-electron chi connectivity index (χ1n) is 5.53. The molecule has 0 heterocycles. The van der Waals surface area contributed by atoms with E-state index in [1.54, 1.807) is 23.9 Å². The van der Waals surface area contributed by atoms with Crippen LogP contribution in [0.1, 0.15) is 24.2 Å². The van der Waals surface area contributed by atoms with Gasteiger partial charge in [0.25, 0.3) is 11.6 Å². The quantitative estimate of drug-likeness (QED) is 0.473. The molecule has 0 aliphatic rings. The van der Waals surface area contributed by atoms with Crippen molar-refractivity contribution in [2.45, 2.75) is 19.4 Å². The molecule has 104 valence electrons. The number of carbonyl (C=O) groups excluding carboxylic acids is 1. The van der Waals surface area contributed by atoms with Gasteiger partial charge in [0.15, 0.2) is 0 Å². The fourth-order valence-electron chi connectivity index (χ4n) is 1.66. The largest absolute Gasteiger partial charge is 0.346 e. The van der Waals surface area contributed by atoms with Gasteiger partial charge in [0.1, 0.15) is 5.56 Å². The third-order valence-electron chi connectivity index (χ3n) is 2.37. The Labute approximate surface area is 129 Å². The lowest BCUT2D eigenvalue weighted by Crippen LogP contribution is -2.45. The summed E-state index contributed by atoms with van der Waals surface area (Å²) in [5, 5.41) is 13.8. The molecule has 5 nitrogen and oxygen atoms in total. The maximum absolute atomic E-state index is 12.3. The van der Waals surface area contributed by atoms with Crippen LogP contribution in [0.2, 0.25) is 0 Å². The monoisotopic (exact) mass is 394 g/mol. The summed E-state index contributed by atoms with van der Waals surface area (Å²) < 4.78 is 0.573. The van der Waals surface area contributed by atoms with Crippen molar-refractivity contribution in [1.82, 2.24) is 5.32 Å². The molecule has 0 aromatic heterocycles. The van der Waals surface area contributed by atoms with Gasteiger partial charge in [-0.25, -0.2) is 0 Å². The van der Waals surface area contributed by atoms with Gasteiger partial charge in [0.2, 0.25) is 0 Å². The van der Waals surface area contributed by atoms with E-state index in [0.29, 0.717) is 3.57 Å². The van der Waals surface area contributed by atoms with E-state index < -0.39 is 16.4 Å². The predicted molar refractivity (Wildman–Crippen MR) is 85.7 cm³/mol. The number of thioether (sulfide) groups is 1. The van der Waals surface area contributed by atoms with Crippen LogP contribution in [0.25, 0.3) is 0 Å². The predicted octanol–water partition coefficient (Wildman–Crippen LogP) is 3.07. The molecule has 1 rings (SSSR count). The first-order chi connectivity index (χ1) is 8.78. The smallest absolute Gasteiger partial charge is 0.283 e. The van der Waals surface area contributed by atoms with Crippen LogP contribution in [-0.2, 0) is 0 Å². The van der Waals surface area contributed by atoms with Crippen molar-refractivity contribution in [3.63, 3.8) is 0 Å². The Kier molecular flexibility index (Phi) is 5.60. The molecular formula is C12H15IN2O3S. The van der Waals surface area contributed by atoms with Crippen molar-refractivity contribution in [2.24, 2.45) is 0 Å². The third kappa shape index (κ3) is 4.34. The maximum Gasteiger partial charge on any atom is 0.283 e. The highest BCUT2D eigenvalue weighted by atomic mass is 127. The summed E-state index contributed by atoms with van der Waals surface area (Å²) >= 11 is 3.55. The molecule has 0 saturated carbocycles. The lowest BCUT2D eigenvalue weighted by Gasteiger charge is -2.25. The molecule has 19 heavy (non-hydrogen) atoms. The van der Waals surface area contributed by atoms with Crippen LogP contribution in [0.4, 0.5) is 5.69 Å². The number of nitro benzene ring substituents is 1. The average molecular weight is 394 g/mol. The standard InChI is InChI=1S/C12H15IN2O3S/c1-12(2,7-19-3)14-11(16)10-8(13)5-4-6-9(10)15(17)18/h4-6H,7H2,1-3H3,(H,14,16). The van der Waals surface area contributed by atoms with Crippen LogP contribution < -0.4 is 5.32 Å². The second-order valence-corrected chi connectivity index (χ2v) is 6.69. The normalized spacial score (nSPS) is 11.2. The summed E-state index contributed by atoms with van der Waals surface area (Å²) in [5.74, 6) is 0.325. The number of carbonyl (C=O) groups is 1. The Morgan fingerprint density at radius 2 is 2.16 bits per heavy atom. The Morgan fingerprint density at radius 3 is 2.68 bits per heavy atom. The summed E-state index contributed by atoms with van der Waals surface area (Å²) in [4.78, 5) is 22.7. The molecular weight excluding hydrogens is 379 g/mol. The minimum atomic E-state index is -0.529. The number of halogens is 1. The summed E-state index contributed by atoms with van der Waals surface area (Å²) in [7, 11) is 0. The van der Waals surface area contributed by atoms with E-state index in [-0.39, 0.29) is 11.3 Å². The molecule has 1 N–H and O–H groups in total. The number of hydrogen-bond donors (Lipinski definition) is 1. The van der Waals surface area contributed by atoms with Crippen molar-refractivity contribution in [1.29, 1.82) is 0 Å². The van der Waals surface area contributed by atoms with Gasteiger partial charge >= 0.3 is 0 Å². The van der Waals surface area contributed by atoms with Crippen LogP contribution in [0.3, 0.4) is 0 Å². The number of rotatable bonds is 5. The molecule has 1 aromatic carbocycles. The fourth-order valence-corrected chi connectivity index (χ4v) is 3.18. The van der Waals surface area contributed by atoms with Gasteiger partial charge in [-0.1, -0.05) is 6.07 Å². The molecule has 0 atom stereocenters. The topological polar surface area (TPSA) is 72.2 Å². The second-order valence-electron chi connectivity index (χ2n) is 4.66. The molecule has 0 radical (unpaired) electrons. The SMILES string of the molecule is CSCC(C)(C)NC(=O)c1c(I)cccc1[N+](=O)[O-]. The Hall–Kier alpha value is -0.830. The molecule has 0 bridgehead atoms. The van der Waals surface area contributed by atoms with Crippen molar-refractivity contribution < 1.29 is 9.72 Å². The molecule has 0 spiro atoms. The lowest BCUT2D eigenvalue weighted by atomic mass is 10.1. The zero-order valence-corrected chi connectivity index (χ0v) is 13.9.